The van der Waals surface area contributed by atoms with Crippen LogP contribution >= 0.6 is 0 Å². The van der Waals surface area contributed by atoms with Crippen LogP contribution in [-0.2, 0) is 11.8 Å². The molecular weight excluding hydrogens is 332 g/mol. The second kappa shape index (κ2) is 8.48. The third-order valence-electron chi connectivity index (χ3n) is 6.24. The van der Waals surface area contributed by atoms with Crippen LogP contribution in [0, 0.1) is 0 Å². The maximum Gasteiger partial charge on any atom is 0.119 e. The zero-order valence-corrected chi connectivity index (χ0v) is 17.0. The van der Waals surface area contributed by atoms with E-state index in [0.29, 0.717) is 18.6 Å². The third kappa shape index (κ3) is 4.55. The molecule has 0 saturated carbocycles. The van der Waals surface area contributed by atoms with E-state index in [9.17, 15) is 10.2 Å². The largest absolute Gasteiger partial charge is 0.508 e. The fourth-order valence-corrected chi connectivity index (χ4v) is 4.49. The van der Waals surface area contributed by atoms with Crippen molar-refractivity contribution in [2.45, 2.75) is 83.2 Å². The summed E-state index contributed by atoms with van der Waals surface area (Å²) < 4.78 is 0. The number of hydrogen-bond donors (Lipinski definition) is 2. The summed E-state index contributed by atoms with van der Waals surface area (Å²) in [6.07, 6.45) is 7.22. The summed E-state index contributed by atoms with van der Waals surface area (Å²) in [5.74, 6) is 0.426. The van der Waals surface area contributed by atoms with Crippen molar-refractivity contribution < 1.29 is 10.2 Å². The first-order valence-electron chi connectivity index (χ1n) is 10.5. The second-order valence-electron chi connectivity index (χ2n) is 8.81. The van der Waals surface area contributed by atoms with Crippen LogP contribution in [0.3, 0.4) is 0 Å². The molecule has 3 rings (SSSR count). The van der Waals surface area contributed by atoms with E-state index >= 15 is 0 Å². The Morgan fingerprint density at radius 2 is 1.78 bits per heavy atom. The molecule has 0 fully saturated rings. The van der Waals surface area contributed by atoms with Gasteiger partial charge in [0, 0.05) is 11.5 Å². The number of aromatic hydroxyl groups is 1. The Bertz CT molecular complexity index is 763. The first-order valence-corrected chi connectivity index (χ1v) is 10.5. The Morgan fingerprint density at radius 1 is 1.00 bits per heavy atom. The van der Waals surface area contributed by atoms with Crippen LogP contribution in [-0.4, -0.2) is 16.3 Å². The minimum absolute atomic E-state index is 0.0617. The van der Waals surface area contributed by atoms with Crippen molar-refractivity contribution in [3.8, 4) is 5.75 Å². The van der Waals surface area contributed by atoms with Crippen molar-refractivity contribution >= 4 is 0 Å². The SMILES string of the molecule is CCCCCCC(C)(C)c1ccc([C@@H]2C[C@H](O)Cc3ccccc32)c(O)c1. The highest BCUT2D eigenvalue weighted by molar-refractivity contribution is 5.48. The number of phenolic OH excluding ortho intramolecular Hbond substituents is 1. The number of benzene rings is 2. The van der Waals surface area contributed by atoms with Gasteiger partial charge in [0.05, 0.1) is 6.10 Å². The van der Waals surface area contributed by atoms with E-state index in [0.717, 1.165) is 12.0 Å². The molecule has 2 nitrogen and oxygen atoms in total. The van der Waals surface area contributed by atoms with Crippen molar-refractivity contribution in [2.24, 2.45) is 0 Å². The second-order valence-corrected chi connectivity index (χ2v) is 8.81. The van der Waals surface area contributed by atoms with Gasteiger partial charge in [-0.2, -0.15) is 0 Å². The molecule has 0 aliphatic heterocycles. The average Bonchev–Trinajstić information content (AvgIpc) is 2.64. The molecule has 0 amide bonds. The van der Waals surface area contributed by atoms with Crippen molar-refractivity contribution in [3.63, 3.8) is 0 Å². The molecule has 0 unspecified atom stereocenters. The van der Waals surface area contributed by atoms with Crippen LogP contribution in [0.1, 0.15) is 87.5 Å². The van der Waals surface area contributed by atoms with E-state index in [2.05, 4.69) is 45.0 Å². The molecule has 0 aromatic heterocycles. The van der Waals surface area contributed by atoms with Crippen molar-refractivity contribution in [2.75, 3.05) is 0 Å². The number of aliphatic hydroxyl groups is 1. The monoisotopic (exact) mass is 366 g/mol. The zero-order chi connectivity index (χ0) is 19.4. The van der Waals surface area contributed by atoms with Gasteiger partial charge in [0.2, 0.25) is 0 Å². The van der Waals surface area contributed by atoms with Gasteiger partial charge < -0.3 is 10.2 Å². The standard InChI is InChI=1S/C25H34O2/c1-4-5-6-9-14-25(2,3)19-12-13-22(24(27)16-19)23-17-20(26)15-18-10-7-8-11-21(18)23/h7-8,10-13,16,20,23,26-27H,4-6,9,14-15,17H2,1-3H3/t20-,23-/m1/s1. The maximum absolute atomic E-state index is 10.8. The van der Waals surface area contributed by atoms with Gasteiger partial charge in [0.15, 0.2) is 0 Å². The Labute approximate surface area is 164 Å². The summed E-state index contributed by atoms with van der Waals surface area (Å²) in [7, 11) is 0. The van der Waals surface area contributed by atoms with Gasteiger partial charge in [0.1, 0.15) is 5.75 Å². The lowest BCUT2D eigenvalue weighted by molar-refractivity contribution is 0.151. The lowest BCUT2D eigenvalue weighted by Gasteiger charge is -2.31. The highest BCUT2D eigenvalue weighted by Gasteiger charge is 2.29. The van der Waals surface area contributed by atoms with Crippen LogP contribution in [0.5, 0.6) is 5.75 Å². The molecule has 0 spiro atoms. The van der Waals surface area contributed by atoms with Gasteiger partial charge >= 0.3 is 0 Å². The molecule has 0 bridgehead atoms. The minimum Gasteiger partial charge on any atom is -0.508 e. The molecule has 146 valence electrons. The quantitative estimate of drug-likeness (QED) is 0.583. The highest BCUT2D eigenvalue weighted by Crippen LogP contribution is 2.42. The molecule has 0 radical (unpaired) electrons. The minimum atomic E-state index is -0.348. The molecule has 2 heteroatoms. The van der Waals surface area contributed by atoms with Gasteiger partial charge in [-0.3, -0.25) is 0 Å². The number of rotatable bonds is 7. The number of unbranched alkanes of at least 4 members (excludes halogenated alkanes) is 3. The summed E-state index contributed by atoms with van der Waals surface area (Å²) in [5.41, 5.74) is 4.63. The molecule has 2 aromatic carbocycles. The van der Waals surface area contributed by atoms with Gasteiger partial charge in [0.25, 0.3) is 0 Å². The molecule has 0 saturated heterocycles. The summed E-state index contributed by atoms with van der Waals surface area (Å²) >= 11 is 0. The normalized spacial score (nSPS) is 19.7. The first kappa shape index (κ1) is 19.9. The van der Waals surface area contributed by atoms with Crippen LogP contribution in [0.15, 0.2) is 42.5 Å². The summed E-state index contributed by atoms with van der Waals surface area (Å²) in [4.78, 5) is 0. The molecule has 27 heavy (non-hydrogen) atoms. The highest BCUT2D eigenvalue weighted by atomic mass is 16.3. The third-order valence-corrected chi connectivity index (χ3v) is 6.24. The fourth-order valence-electron chi connectivity index (χ4n) is 4.49. The fraction of sp³-hybridized carbons (Fsp3) is 0.520. The van der Waals surface area contributed by atoms with E-state index < -0.39 is 0 Å². The van der Waals surface area contributed by atoms with Crippen LogP contribution in [0.25, 0.3) is 0 Å². The van der Waals surface area contributed by atoms with Gasteiger partial charge in [-0.25, -0.2) is 0 Å². The zero-order valence-electron chi connectivity index (χ0n) is 17.0. The predicted octanol–water partition coefficient (Wildman–Crippen LogP) is 6.08. The van der Waals surface area contributed by atoms with Crippen LogP contribution in [0.4, 0.5) is 0 Å². The van der Waals surface area contributed by atoms with Crippen LogP contribution in [0.2, 0.25) is 0 Å². The first-order chi connectivity index (χ1) is 12.9. The molecular formula is C25H34O2. The smallest absolute Gasteiger partial charge is 0.119 e. The Kier molecular flexibility index (Phi) is 6.26. The lowest BCUT2D eigenvalue weighted by Crippen LogP contribution is -2.23. The van der Waals surface area contributed by atoms with Crippen molar-refractivity contribution in [1.29, 1.82) is 0 Å². The van der Waals surface area contributed by atoms with Crippen LogP contribution < -0.4 is 0 Å². The Hall–Kier alpha value is -1.80. The molecule has 1 aliphatic rings. The van der Waals surface area contributed by atoms with E-state index in [1.165, 1.54) is 42.4 Å². The molecule has 2 aromatic rings. The maximum atomic E-state index is 10.8. The van der Waals surface area contributed by atoms with Gasteiger partial charge in [-0.05, 0) is 47.4 Å². The summed E-state index contributed by atoms with van der Waals surface area (Å²) in [5, 5.41) is 21.2. The van der Waals surface area contributed by atoms with E-state index in [4.69, 9.17) is 0 Å². The topological polar surface area (TPSA) is 40.5 Å². The summed E-state index contributed by atoms with van der Waals surface area (Å²) in [6, 6.07) is 14.5. The number of fused-ring (bicyclic) bond motifs is 1. The number of aliphatic hydroxyl groups excluding tert-OH is 1. The van der Waals surface area contributed by atoms with Gasteiger partial charge in [-0.1, -0.05) is 82.9 Å². The molecule has 2 atom stereocenters. The predicted molar refractivity (Wildman–Crippen MR) is 113 cm³/mol. The summed E-state index contributed by atoms with van der Waals surface area (Å²) in [6.45, 7) is 6.78. The Morgan fingerprint density at radius 3 is 2.52 bits per heavy atom. The van der Waals surface area contributed by atoms with E-state index in [1.54, 1.807) is 0 Å². The molecule has 1 aliphatic carbocycles. The average molecular weight is 367 g/mol. The van der Waals surface area contributed by atoms with E-state index in [-0.39, 0.29) is 17.4 Å². The Balaban J connectivity index is 1.83. The number of phenols is 1. The number of hydrogen-bond acceptors (Lipinski definition) is 2. The molecule has 2 N–H and O–H groups in total. The van der Waals surface area contributed by atoms with Gasteiger partial charge in [-0.15, -0.1) is 0 Å². The van der Waals surface area contributed by atoms with Crippen molar-refractivity contribution in [3.05, 3.63) is 64.7 Å². The van der Waals surface area contributed by atoms with E-state index in [1.807, 2.05) is 18.2 Å². The molecule has 0 heterocycles. The van der Waals surface area contributed by atoms with Crippen molar-refractivity contribution in [1.82, 2.24) is 0 Å². The lowest BCUT2D eigenvalue weighted by atomic mass is 9.75.